The zero-order valence-corrected chi connectivity index (χ0v) is 14.3. The lowest BCUT2D eigenvalue weighted by Crippen LogP contribution is -2.40. The number of nitrogens with zero attached hydrogens (tertiary/aromatic N) is 1. The van der Waals surface area contributed by atoms with E-state index in [1.807, 2.05) is 37.3 Å². The number of rotatable bonds is 7. The molecule has 1 N–H and O–H groups in total. The van der Waals surface area contributed by atoms with Gasteiger partial charge in [-0.05, 0) is 25.0 Å². The number of esters is 1. The lowest BCUT2D eigenvalue weighted by Gasteiger charge is -2.21. The van der Waals surface area contributed by atoms with Gasteiger partial charge in [-0.1, -0.05) is 43.7 Å². The standard InChI is InChI=1S/C19H22N2O4/c1-3-9-16(15-10-5-4-6-11-15)20-18(22)14(2)25-19(23)17-12-7-8-13-21(17)24/h4-8,10-14,16H,3,9H2,1-2H3,(H,20,22)/t14-,16-/m1/s1. The SMILES string of the molecule is CCC[C@@H](NC(=O)[C@@H](C)OC(=O)c1cccc[n+]1[O-])c1ccccc1. The zero-order chi connectivity index (χ0) is 18.2. The first-order chi connectivity index (χ1) is 12.0. The van der Waals surface area contributed by atoms with Gasteiger partial charge in [-0.25, -0.2) is 4.79 Å². The Bertz CT molecular complexity index is 718. The number of benzene rings is 1. The fraction of sp³-hybridized carbons (Fsp3) is 0.316. The van der Waals surface area contributed by atoms with Gasteiger partial charge in [0, 0.05) is 12.1 Å². The summed E-state index contributed by atoms with van der Waals surface area (Å²) in [5.74, 6) is -1.23. The third kappa shape index (κ3) is 5.04. The summed E-state index contributed by atoms with van der Waals surface area (Å²) in [7, 11) is 0. The van der Waals surface area contributed by atoms with Crippen molar-refractivity contribution >= 4 is 11.9 Å². The molecule has 6 heteroatoms. The fourth-order valence-corrected chi connectivity index (χ4v) is 2.45. The summed E-state index contributed by atoms with van der Waals surface area (Å²) in [6, 6.07) is 13.9. The van der Waals surface area contributed by atoms with E-state index in [2.05, 4.69) is 5.32 Å². The molecule has 0 aliphatic carbocycles. The largest absolute Gasteiger partial charge is 0.618 e. The molecule has 25 heavy (non-hydrogen) atoms. The quantitative estimate of drug-likeness (QED) is 0.476. The Labute approximate surface area is 147 Å². The minimum Gasteiger partial charge on any atom is -0.618 e. The molecule has 1 aromatic heterocycles. The van der Waals surface area contributed by atoms with E-state index < -0.39 is 18.0 Å². The Morgan fingerprint density at radius 2 is 1.84 bits per heavy atom. The van der Waals surface area contributed by atoms with Gasteiger partial charge in [0.15, 0.2) is 12.3 Å². The molecule has 0 bridgehead atoms. The van der Waals surface area contributed by atoms with Crippen molar-refractivity contribution in [2.45, 2.75) is 38.8 Å². The van der Waals surface area contributed by atoms with Crippen molar-refractivity contribution in [3.8, 4) is 0 Å². The summed E-state index contributed by atoms with van der Waals surface area (Å²) in [6.07, 6.45) is 1.87. The summed E-state index contributed by atoms with van der Waals surface area (Å²) >= 11 is 0. The predicted molar refractivity (Wildman–Crippen MR) is 92.5 cm³/mol. The number of hydrogen-bond donors (Lipinski definition) is 1. The molecule has 0 radical (unpaired) electrons. The van der Waals surface area contributed by atoms with Crippen molar-refractivity contribution < 1.29 is 19.1 Å². The first-order valence-corrected chi connectivity index (χ1v) is 8.27. The fourth-order valence-electron chi connectivity index (χ4n) is 2.45. The van der Waals surface area contributed by atoms with Crippen LogP contribution in [0, 0.1) is 5.21 Å². The molecular formula is C19H22N2O4. The van der Waals surface area contributed by atoms with Crippen molar-refractivity contribution in [1.29, 1.82) is 0 Å². The smallest absolute Gasteiger partial charge is 0.405 e. The highest BCUT2D eigenvalue weighted by Crippen LogP contribution is 2.18. The molecule has 2 aromatic rings. The average Bonchev–Trinajstić information content (AvgIpc) is 2.62. The molecule has 0 aliphatic rings. The zero-order valence-electron chi connectivity index (χ0n) is 14.3. The maximum absolute atomic E-state index is 12.4. The van der Waals surface area contributed by atoms with Crippen LogP contribution in [0.15, 0.2) is 54.7 Å². The van der Waals surface area contributed by atoms with Gasteiger partial charge in [-0.3, -0.25) is 4.79 Å². The van der Waals surface area contributed by atoms with Crippen LogP contribution in [0.5, 0.6) is 0 Å². The molecule has 2 rings (SSSR count). The molecule has 1 amide bonds. The number of ether oxygens (including phenoxy) is 1. The summed E-state index contributed by atoms with van der Waals surface area (Å²) in [4.78, 5) is 24.4. The third-order valence-electron chi connectivity index (χ3n) is 3.78. The second-order valence-corrected chi connectivity index (χ2v) is 5.72. The summed E-state index contributed by atoms with van der Waals surface area (Å²) in [5, 5.41) is 14.5. The van der Waals surface area contributed by atoms with Crippen LogP contribution in [-0.2, 0) is 9.53 Å². The van der Waals surface area contributed by atoms with Crippen molar-refractivity contribution in [2.24, 2.45) is 0 Å². The van der Waals surface area contributed by atoms with Gasteiger partial charge in [0.2, 0.25) is 0 Å². The van der Waals surface area contributed by atoms with Crippen LogP contribution in [0.1, 0.15) is 48.8 Å². The number of hydrogen-bond acceptors (Lipinski definition) is 4. The highest BCUT2D eigenvalue weighted by molar-refractivity contribution is 5.89. The van der Waals surface area contributed by atoms with Crippen LogP contribution in [0.2, 0.25) is 0 Å². The highest BCUT2D eigenvalue weighted by atomic mass is 16.6. The molecule has 6 nitrogen and oxygen atoms in total. The molecular weight excluding hydrogens is 320 g/mol. The van der Waals surface area contributed by atoms with Crippen LogP contribution in [0.25, 0.3) is 0 Å². The monoisotopic (exact) mass is 342 g/mol. The topological polar surface area (TPSA) is 82.3 Å². The number of carbonyl (C=O) groups is 2. The van der Waals surface area contributed by atoms with E-state index in [0.717, 1.165) is 18.4 Å². The Morgan fingerprint density at radius 3 is 2.48 bits per heavy atom. The third-order valence-corrected chi connectivity index (χ3v) is 3.78. The number of pyridine rings is 1. The van der Waals surface area contributed by atoms with E-state index in [1.165, 1.54) is 25.3 Å². The van der Waals surface area contributed by atoms with E-state index in [0.29, 0.717) is 4.73 Å². The number of carbonyl (C=O) groups excluding carboxylic acids is 2. The van der Waals surface area contributed by atoms with E-state index in [9.17, 15) is 14.8 Å². The summed E-state index contributed by atoms with van der Waals surface area (Å²) in [5.41, 5.74) is 0.840. The molecule has 1 heterocycles. The van der Waals surface area contributed by atoms with Gasteiger partial charge in [-0.15, -0.1) is 0 Å². The highest BCUT2D eigenvalue weighted by Gasteiger charge is 2.25. The number of aromatic nitrogens is 1. The molecule has 0 fully saturated rings. The van der Waals surface area contributed by atoms with Gasteiger partial charge in [-0.2, -0.15) is 4.73 Å². The van der Waals surface area contributed by atoms with Crippen molar-refractivity contribution in [2.75, 3.05) is 0 Å². The maximum atomic E-state index is 12.4. The van der Waals surface area contributed by atoms with Crippen molar-refractivity contribution in [3.63, 3.8) is 0 Å². The van der Waals surface area contributed by atoms with Crippen molar-refractivity contribution in [3.05, 3.63) is 71.2 Å². The Kier molecular flexibility index (Phi) is 6.51. The molecule has 1 aromatic carbocycles. The van der Waals surface area contributed by atoms with Gasteiger partial charge in [0.05, 0.1) is 6.04 Å². The van der Waals surface area contributed by atoms with Crippen LogP contribution < -0.4 is 10.0 Å². The normalized spacial score (nSPS) is 12.9. The molecule has 132 valence electrons. The molecule has 0 spiro atoms. The Morgan fingerprint density at radius 1 is 1.16 bits per heavy atom. The summed E-state index contributed by atoms with van der Waals surface area (Å²) < 4.78 is 5.54. The van der Waals surface area contributed by atoms with Gasteiger partial charge >= 0.3 is 11.7 Å². The van der Waals surface area contributed by atoms with Crippen LogP contribution in [-0.4, -0.2) is 18.0 Å². The predicted octanol–water partition coefficient (Wildman–Crippen LogP) is 2.52. The first-order valence-electron chi connectivity index (χ1n) is 8.27. The van der Waals surface area contributed by atoms with E-state index in [-0.39, 0.29) is 11.7 Å². The Balaban J connectivity index is 2.01. The molecule has 0 saturated carbocycles. The van der Waals surface area contributed by atoms with Crippen LogP contribution in [0.3, 0.4) is 0 Å². The molecule has 0 unspecified atom stereocenters. The second-order valence-electron chi connectivity index (χ2n) is 5.72. The first kappa shape index (κ1) is 18.4. The number of nitrogens with one attached hydrogen (secondary N) is 1. The van der Waals surface area contributed by atoms with Gasteiger partial charge in [0.1, 0.15) is 0 Å². The van der Waals surface area contributed by atoms with Gasteiger partial charge in [0.25, 0.3) is 5.91 Å². The van der Waals surface area contributed by atoms with Crippen LogP contribution >= 0.6 is 0 Å². The van der Waals surface area contributed by atoms with Gasteiger partial charge < -0.3 is 15.3 Å². The van der Waals surface area contributed by atoms with Crippen LogP contribution in [0.4, 0.5) is 0 Å². The van der Waals surface area contributed by atoms with E-state index >= 15 is 0 Å². The lowest BCUT2D eigenvalue weighted by molar-refractivity contribution is -0.608. The second kappa shape index (κ2) is 8.82. The average molecular weight is 342 g/mol. The van der Waals surface area contributed by atoms with Crippen molar-refractivity contribution in [1.82, 2.24) is 5.32 Å². The molecule has 2 atom stereocenters. The summed E-state index contributed by atoms with van der Waals surface area (Å²) in [6.45, 7) is 3.52. The van der Waals surface area contributed by atoms with E-state index in [4.69, 9.17) is 4.74 Å². The molecule has 0 aliphatic heterocycles. The Hall–Kier alpha value is -2.89. The lowest BCUT2D eigenvalue weighted by atomic mass is 10.0. The van der Waals surface area contributed by atoms with E-state index in [1.54, 1.807) is 6.07 Å². The number of amides is 1. The maximum Gasteiger partial charge on any atom is 0.405 e. The molecule has 0 saturated heterocycles. The minimum atomic E-state index is -1.00. The minimum absolute atomic E-state index is 0.152.